The summed E-state index contributed by atoms with van der Waals surface area (Å²) in [5, 5.41) is 1.08. The molecule has 0 amide bonds. The van der Waals surface area contributed by atoms with Crippen LogP contribution in [0, 0.1) is 0 Å². The van der Waals surface area contributed by atoms with Crippen LogP contribution in [-0.4, -0.2) is 9.97 Å². The van der Waals surface area contributed by atoms with Crippen molar-refractivity contribution in [2.45, 2.75) is 6.42 Å². The van der Waals surface area contributed by atoms with Gasteiger partial charge < -0.3 is 0 Å². The molecule has 0 aliphatic heterocycles. The van der Waals surface area contributed by atoms with Gasteiger partial charge in [0.05, 0.1) is 5.69 Å². The summed E-state index contributed by atoms with van der Waals surface area (Å²) in [6.45, 7) is 0. The van der Waals surface area contributed by atoms with Crippen molar-refractivity contribution in [2.75, 3.05) is 0 Å². The fraction of sp³-hybridized carbons (Fsp3) is 0.0476. The van der Waals surface area contributed by atoms with Crippen LogP contribution >= 0.6 is 0 Å². The predicted molar refractivity (Wildman–Crippen MR) is 94.2 cm³/mol. The minimum atomic E-state index is 0.795. The van der Waals surface area contributed by atoms with E-state index in [0.29, 0.717) is 0 Å². The van der Waals surface area contributed by atoms with Crippen LogP contribution < -0.4 is 0 Å². The Morgan fingerprint density at radius 1 is 0.696 bits per heavy atom. The minimum Gasteiger partial charge on any atom is -0.236 e. The smallest absolute Gasteiger partial charge is 0.159 e. The number of pyridine rings is 2. The van der Waals surface area contributed by atoms with Crippen LogP contribution in [0.25, 0.3) is 22.3 Å². The molecule has 0 saturated carbocycles. The van der Waals surface area contributed by atoms with Gasteiger partial charge in [0.2, 0.25) is 0 Å². The van der Waals surface area contributed by atoms with Gasteiger partial charge in [-0.25, -0.2) is 9.97 Å². The summed E-state index contributed by atoms with van der Waals surface area (Å²) in [4.78, 5) is 9.23. The normalized spacial score (nSPS) is 10.8. The zero-order valence-electron chi connectivity index (χ0n) is 12.7. The molecule has 2 nitrogen and oxygen atoms in total. The Labute approximate surface area is 135 Å². The van der Waals surface area contributed by atoms with Crippen LogP contribution in [0.2, 0.25) is 0 Å². The van der Waals surface area contributed by atoms with E-state index in [2.05, 4.69) is 64.6 Å². The summed E-state index contributed by atoms with van der Waals surface area (Å²) in [5.41, 5.74) is 5.37. The van der Waals surface area contributed by atoms with Crippen LogP contribution in [0.4, 0.5) is 0 Å². The SMILES string of the molecule is c1ccc(Cc2cnc3nc(-c4ccccc4)ccc3c2)cc1. The number of rotatable bonds is 3. The Morgan fingerprint density at radius 3 is 2.22 bits per heavy atom. The molecule has 2 heteroatoms. The average molecular weight is 296 g/mol. The molecule has 0 aliphatic rings. The molecular formula is C21H16N2. The highest BCUT2D eigenvalue weighted by atomic mass is 14.8. The standard InChI is InChI=1S/C21H16N2/c1-3-7-16(8-4-1)13-17-14-19-11-12-20(23-21(19)22-15-17)18-9-5-2-6-10-18/h1-12,14-15H,13H2. The van der Waals surface area contributed by atoms with Gasteiger partial charge in [-0.3, -0.25) is 0 Å². The first-order valence-corrected chi connectivity index (χ1v) is 7.73. The monoisotopic (exact) mass is 296 g/mol. The zero-order valence-corrected chi connectivity index (χ0v) is 12.7. The van der Waals surface area contributed by atoms with E-state index in [0.717, 1.165) is 28.7 Å². The van der Waals surface area contributed by atoms with Crippen molar-refractivity contribution in [2.24, 2.45) is 0 Å². The van der Waals surface area contributed by atoms with Gasteiger partial charge >= 0.3 is 0 Å². The Kier molecular flexibility index (Phi) is 3.57. The number of hydrogen-bond acceptors (Lipinski definition) is 2. The van der Waals surface area contributed by atoms with E-state index in [1.807, 2.05) is 30.5 Å². The van der Waals surface area contributed by atoms with E-state index in [1.165, 1.54) is 11.1 Å². The fourth-order valence-corrected chi connectivity index (χ4v) is 2.75. The van der Waals surface area contributed by atoms with Gasteiger partial charge in [0.25, 0.3) is 0 Å². The third kappa shape index (κ3) is 2.97. The molecule has 0 atom stereocenters. The lowest BCUT2D eigenvalue weighted by Crippen LogP contribution is -1.92. The molecule has 0 fully saturated rings. The molecule has 0 saturated heterocycles. The topological polar surface area (TPSA) is 25.8 Å². The van der Waals surface area contributed by atoms with Crippen molar-refractivity contribution in [3.63, 3.8) is 0 Å². The largest absolute Gasteiger partial charge is 0.236 e. The maximum Gasteiger partial charge on any atom is 0.159 e. The van der Waals surface area contributed by atoms with E-state index in [9.17, 15) is 0 Å². The molecule has 110 valence electrons. The molecule has 2 aromatic carbocycles. The molecular weight excluding hydrogens is 280 g/mol. The van der Waals surface area contributed by atoms with Gasteiger partial charge in [-0.15, -0.1) is 0 Å². The van der Waals surface area contributed by atoms with E-state index >= 15 is 0 Å². The van der Waals surface area contributed by atoms with Crippen LogP contribution in [-0.2, 0) is 6.42 Å². The second-order valence-corrected chi connectivity index (χ2v) is 5.62. The zero-order chi connectivity index (χ0) is 15.5. The van der Waals surface area contributed by atoms with Crippen molar-refractivity contribution >= 4 is 11.0 Å². The lowest BCUT2D eigenvalue weighted by molar-refractivity contribution is 1.15. The van der Waals surface area contributed by atoms with E-state index in [-0.39, 0.29) is 0 Å². The molecule has 2 aromatic heterocycles. The number of aromatic nitrogens is 2. The molecule has 0 radical (unpaired) electrons. The minimum absolute atomic E-state index is 0.795. The maximum absolute atomic E-state index is 4.68. The highest BCUT2D eigenvalue weighted by Gasteiger charge is 2.04. The molecule has 4 aromatic rings. The second-order valence-electron chi connectivity index (χ2n) is 5.62. The molecule has 0 bridgehead atoms. The number of benzene rings is 2. The third-order valence-corrected chi connectivity index (χ3v) is 3.92. The summed E-state index contributed by atoms with van der Waals surface area (Å²) in [6.07, 6.45) is 2.82. The highest BCUT2D eigenvalue weighted by molar-refractivity contribution is 5.78. The molecule has 0 aliphatic carbocycles. The van der Waals surface area contributed by atoms with Crippen LogP contribution in [0.15, 0.2) is 85.1 Å². The van der Waals surface area contributed by atoms with E-state index < -0.39 is 0 Å². The lowest BCUT2D eigenvalue weighted by atomic mass is 10.1. The highest BCUT2D eigenvalue weighted by Crippen LogP contribution is 2.21. The quantitative estimate of drug-likeness (QED) is 0.538. The molecule has 0 spiro atoms. The van der Waals surface area contributed by atoms with Crippen molar-refractivity contribution in [3.8, 4) is 11.3 Å². The summed E-state index contributed by atoms with van der Waals surface area (Å²) in [5.74, 6) is 0. The van der Waals surface area contributed by atoms with Gasteiger partial charge in [0, 0.05) is 17.1 Å². The first-order chi connectivity index (χ1) is 11.4. The van der Waals surface area contributed by atoms with E-state index in [1.54, 1.807) is 0 Å². The molecule has 0 N–H and O–H groups in total. The lowest BCUT2D eigenvalue weighted by Gasteiger charge is -2.05. The molecule has 23 heavy (non-hydrogen) atoms. The van der Waals surface area contributed by atoms with E-state index in [4.69, 9.17) is 0 Å². The Hall–Kier alpha value is -3.00. The molecule has 4 rings (SSSR count). The van der Waals surface area contributed by atoms with Crippen molar-refractivity contribution < 1.29 is 0 Å². The summed E-state index contributed by atoms with van der Waals surface area (Å²) in [7, 11) is 0. The van der Waals surface area contributed by atoms with Gasteiger partial charge in [0.1, 0.15) is 0 Å². The second kappa shape index (κ2) is 6.01. The van der Waals surface area contributed by atoms with Gasteiger partial charge in [0.15, 0.2) is 5.65 Å². The first kappa shape index (κ1) is 13.6. The number of fused-ring (bicyclic) bond motifs is 1. The van der Waals surface area contributed by atoms with Crippen molar-refractivity contribution in [3.05, 3.63) is 96.2 Å². The van der Waals surface area contributed by atoms with Crippen molar-refractivity contribution in [1.29, 1.82) is 0 Å². The summed E-state index contributed by atoms with van der Waals surface area (Å²) in [6, 6.07) is 27.0. The Balaban J connectivity index is 1.68. The Bertz CT molecular complexity index is 931. The van der Waals surface area contributed by atoms with Crippen molar-refractivity contribution in [1.82, 2.24) is 9.97 Å². The average Bonchev–Trinajstić information content (AvgIpc) is 2.63. The maximum atomic E-state index is 4.68. The summed E-state index contributed by atoms with van der Waals surface area (Å²) >= 11 is 0. The molecule has 2 heterocycles. The summed E-state index contributed by atoms with van der Waals surface area (Å²) < 4.78 is 0. The number of nitrogens with zero attached hydrogens (tertiary/aromatic N) is 2. The Morgan fingerprint density at radius 2 is 1.43 bits per heavy atom. The van der Waals surface area contributed by atoms with Gasteiger partial charge in [-0.05, 0) is 35.7 Å². The van der Waals surface area contributed by atoms with Crippen LogP contribution in [0.5, 0.6) is 0 Å². The van der Waals surface area contributed by atoms with Crippen LogP contribution in [0.3, 0.4) is 0 Å². The third-order valence-electron chi connectivity index (χ3n) is 3.92. The van der Waals surface area contributed by atoms with Gasteiger partial charge in [-0.2, -0.15) is 0 Å². The fourth-order valence-electron chi connectivity index (χ4n) is 2.75. The van der Waals surface area contributed by atoms with Gasteiger partial charge in [-0.1, -0.05) is 60.7 Å². The first-order valence-electron chi connectivity index (χ1n) is 7.73. The molecule has 0 unspecified atom stereocenters. The predicted octanol–water partition coefficient (Wildman–Crippen LogP) is 4.89. The van der Waals surface area contributed by atoms with Crippen LogP contribution in [0.1, 0.15) is 11.1 Å². The number of hydrogen-bond donors (Lipinski definition) is 0.